The van der Waals surface area contributed by atoms with Gasteiger partial charge in [0, 0.05) is 6.54 Å². The van der Waals surface area contributed by atoms with Gasteiger partial charge in [0.2, 0.25) is 0 Å². The highest BCUT2D eigenvalue weighted by molar-refractivity contribution is 5.98. The fraction of sp³-hybridized carbons (Fsp3) is 0.316. The van der Waals surface area contributed by atoms with Crippen molar-refractivity contribution in [2.75, 3.05) is 6.54 Å². The second kappa shape index (κ2) is 7.90. The molecule has 1 amide bonds. The number of piperidine rings is 1. The third-order valence-corrected chi connectivity index (χ3v) is 4.87. The van der Waals surface area contributed by atoms with Crippen LogP contribution >= 0.6 is 0 Å². The lowest BCUT2D eigenvalue weighted by molar-refractivity contribution is 0.0244. The summed E-state index contributed by atoms with van der Waals surface area (Å²) in [5.41, 5.74) is 0.159. The minimum absolute atomic E-state index is 0.0323. The van der Waals surface area contributed by atoms with E-state index in [0.29, 0.717) is 19.4 Å². The molecule has 2 aromatic heterocycles. The van der Waals surface area contributed by atoms with Gasteiger partial charge in [-0.25, -0.2) is 18.7 Å². The molecule has 0 spiro atoms. The van der Waals surface area contributed by atoms with Crippen LogP contribution in [0.5, 0.6) is 6.01 Å². The number of amides is 1. The quantitative estimate of drug-likeness (QED) is 0.669. The normalized spacial score (nSPS) is 19.2. The van der Waals surface area contributed by atoms with Gasteiger partial charge in [-0.05, 0) is 31.9 Å². The predicted octanol–water partition coefficient (Wildman–Crippen LogP) is 2.41. The van der Waals surface area contributed by atoms with Crippen LogP contribution in [0.3, 0.4) is 0 Å². The van der Waals surface area contributed by atoms with Crippen molar-refractivity contribution in [3.05, 3.63) is 60.2 Å². The van der Waals surface area contributed by atoms with E-state index in [-0.39, 0.29) is 23.3 Å². The maximum atomic E-state index is 14.7. The van der Waals surface area contributed by atoms with Crippen LogP contribution in [0.1, 0.15) is 30.1 Å². The summed E-state index contributed by atoms with van der Waals surface area (Å²) in [6.45, 7) is 2.27. The van der Waals surface area contributed by atoms with Crippen LogP contribution in [-0.4, -0.2) is 54.5 Å². The maximum Gasteiger partial charge on any atom is 0.316 e. The van der Waals surface area contributed by atoms with Crippen LogP contribution in [0.15, 0.2) is 43.0 Å². The van der Waals surface area contributed by atoms with Gasteiger partial charge < -0.3 is 9.64 Å². The number of likely N-dealkylation sites (tertiary alicyclic amines) is 1. The third kappa shape index (κ3) is 3.78. The van der Waals surface area contributed by atoms with Gasteiger partial charge in [-0.2, -0.15) is 15.0 Å². The zero-order chi connectivity index (χ0) is 20.4. The molecule has 1 aliphatic heterocycles. The Hall–Kier alpha value is -3.43. The number of benzene rings is 1. The number of aromatic nitrogens is 5. The van der Waals surface area contributed by atoms with Crippen molar-refractivity contribution >= 4 is 5.91 Å². The first-order valence-electron chi connectivity index (χ1n) is 9.15. The van der Waals surface area contributed by atoms with Crippen molar-refractivity contribution in [1.29, 1.82) is 0 Å². The van der Waals surface area contributed by atoms with Crippen molar-refractivity contribution in [3.63, 3.8) is 0 Å². The molecular formula is C19H18F2N6O2. The molecule has 0 unspecified atom stereocenters. The van der Waals surface area contributed by atoms with Crippen molar-refractivity contribution in [3.8, 4) is 11.7 Å². The molecule has 0 aliphatic carbocycles. The number of rotatable bonds is 4. The SMILES string of the molecule is C[C@H]1[C@H](Oc2ncc(F)cn2)CCCN1C(=O)c1c(F)cccc1-n1nccn1. The van der Waals surface area contributed by atoms with Gasteiger partial charge in [0.15, 0.2) is 5.82 Å². The number of nitrogens with zero attached hydrogens (tertiary/aromatic N) is 6. The van der Waals surface area contributed by atoms with E-state index in [2.05, 4.69) is 20.2 Å². The standard InChI is InChI=1S/C19H18F2N6O2/c1-12-16(29-19-22-10-13(20)11-23-19)6-3-9-26(12)18(28)17-14(21)4-2-5-15(17)27-24-7-8-25-27/h2,4-5,7-8,10-12,16H,3,6,9H2,1H3/t12-,16+/m0/s1. The van der Waals surface area contributed by atoms with E-state index in [0.717, 1.165) is 12.4 Å². The minimum Gasteiger partial charge on any atom is -0.458 e. The first kappa shape index (κ1) is 18.9. The van der Waals surface area contributed by atoms with E-state index in [1.165, 1.54) is 29.3 Å². The minimum atomic E-state index is -0.651. The summed E-state index contributed by atoms with van der Waals surface area (Å²) in [6, 6.07) is 3.98. The number of halogens is 2. The molecule has 1 aromatic carbocycles. The molecular weight excluding hydrogens is 382 g/mol. The Morgan fingerprint density at radius 2 is 1.90 bits per heavy atom. The van der Waals surface area contributed by atoms with Crippen LogP contribution in [0.4, 0.5) is 8.78 Å². The Morgan fingerprint density at radius 3 is 2.62 bits per heavy atom. The molecule has 1 saturated heterocycles. The first-order valence-corrected chi connectivity index (χ1v) is 9.15. The fourth-order valence-corrected chi connectivity index (χ4v) is 3.42. The molecule has 8 nitrogen and oxygen atoms in total. The van der Waals surface area contributed by atoms with Gasteiger partial charge in [-0.15, -0.1) is 0 Å². The summed E-state index contributed by atoms with van der Waals surface area (Å²) in [5.74, 6) is -1.69. The Bertz CT molecular complexity index is 996. The number of carbonyl (C=O) groups excluding carboxylic acids is 1. The summed E-state index contributed by atoms with van der Waals surface area (Å²) >= 11 is 0. The zero-order valence-corrected chi connectivity index (χ0v) is 15.6. The first-order chi connectivity index (χ1) is 14.0. The van der Waals surface area contributed by atoms with Crippen LogP contribution in [0.25, 0.3) is 5.69 Å². The van der Waals surface area contributed by atoms with E-state index in [4.69, 9.17) is 4.74 Å². The van der Waals surface area contributed by atoms with Gasteiger partial charge in [0.25, 0.3) is 5.91 Å². The molecule has 1 fully saturated rings. The topological polar surface area (TPSA) is 86.0 Å². The molecule has 3 aromatic rings. The van der Waals surface area contributed by atoms with Gasteiger partial charge in [0.1, 0.15) is 23.2 Å². The summed E-state index contributed by atoms with van der Waals surface area (Å²) < 4.78 is 33.4. The average Bonchev–Trinajstić information content (AvgIpc) is 3.25. The largest absolute Gasteiger partial charge is 0.458 e. The zero-order valence-electron chi connectivity index (χ0n) is 15.6. The second-order valence-electron chi connectivity index (χ2n) is 6.67. The van der Waals surface area contributed by atoms with Crippen molar-refractivity contribution in [2.24, 2.45) is 0 Å². The lowest BCUT2D eigenvalue weighted by Gasteiger charge is -2.39. The van der Waals surface area contributed by atoms with Crippen LogP contribution in [0, 0.1) is 11.6 Å². The lowest BCUT2D eigenvalue weighted by atomic mass is 9.98. The summed E-state index contributed by atoms with van der Waals surface area (Å²) in [4.78, 5) is 23.7. The second-order valence-corrected chi connectivity index (χ2v) is 6.67. The van der Waals surface area contributed by atoms with Gasteiger partial charge >= 0.3 is 6.01 Å². The molecule has 2 atom stereocenters. The van der Waals surface area contributed by atoms with E-state index in [1.54, 1.807) is 11.0 Å². The molecule has 150 valence electrons. The smallest absolute Gasteiger partial charge is 0.316 e. The maximum absolute atomic E-state index is 14.7. The highest BCUT2D eigenvalue weighted by Crippen LogP contribution is 2.26. The molecule has 0 N–H and O–H groups in total. The molecule has 29 heavy (non-hydrogen) atoms. The van der Waals surface area contributed by atoms with Gasteiger partial charge in [-0.1, -0.05) is 6.07 Å². The highest BCUT2D eigenvalue weighted by Gasteiger charge is 2.35. The monoisotopic (exact) mass is 400 g/mol. The van der Waals surface area contributed by atoms with E-state index in [1.807, 2.05) is 6.92 Å². The lowest BCUT2D eigenvalue weighted by Crippen LogP contribution is -2.51. The van der Waals surface area contributed by atoms with E-state index >= 15 is 0 Å². The summed E-state index contributed by atoms with van der Waals surface area (Å²) in [7, 11) is 0. The summed E-state index contributed by atoms with van der Waals surface area (Å²) in [5, 5.41) is 8.02. The summed E-state index contributed by atoms with van der Waals surface area (Å²) in [6.07, 6.45) is 5.85. The highest BCUT2D eigenvalue weighted by atomic mass is 19.1. The number of hydrogen-bond donors (Lipinski definition) is 0. The number of hydrogen-bond acceptors (Lipinski definition) is 6. The molecule has 1 aliphatic rings. The van der Waals surface area contributed by atoms with Crippen LogP contribution in [0.2, 0.25) is 0 Å². The molecule has 0 bridgehead atoms. The molecule has 0 saturated carbocycles. The molecule has 0 radical (unpaired) electrons. The van der Waals surface area contributed by atoms with Crippen LogP contribution in [-0.2, 0) is 0 Å². The van der Waals surface area contributed by atoms with Gasteiger partial charge in [0.05, 0.1) is 30.8 Å². The van der Waals surface area contributed by atoms with Gasteiger partial charge in [-0.3, -0.25) is 4.79 Å². The van der Waals surface area contributed by atoms with Crippen LogP contribution < -0.4 is 4.74 Å². The molecule has 4 rings (SSSR count). The van der Waals surface area contributed by atoms with Crippen molar-refractivity contribution in [1.82, 2.24) is 29.9 Å². The van der Waals surface area contributed by atoms with E-state index in [9.17, 15) is 13.6 Å². The fourth-order valence-electron chi connectivity index (χ4n) is 3.42. The Kier molecular flexibility index (Phi) is 5.15. The Morgan fingerprint density at radius 1 is 1.17 bits per heavy atom. The third-order valence-electron chi connectivity index (χ3n) is 4.87. The number of carbonyl (C=O) groups is 1. The van der Waals surface area contributed by atoms with E-state index < -0.39 is 23.6 Å². The Labute approximate surface area is 165 Å². The van der Waals surface area contributed by atoms with Crippen molar-refractivity contribution < 1.29 is 18.3 Å². The molecule has 10 heteroatoms. The predicted molar refractivity (Wildman–Crippen MR) is 97.5 cm³/mol. The van der Waals surface area contributed by atoms with Crippen molar-refractivity contribution in [2.45, 2.75) is 31.9 Å². The number of ether oxygens (including phenoxy) is 1. The average molecular weight is 400 g/mol. The Balaban J connectivity index is 1.60. The molecule has 3 heterocycles.